The number of ether oxygens (including phenoxy) is 1. The summed E-state index contributed by atoms with van der Waals surface area (Å²) in [7, 11) is 0. The zero-order valence-electron chi connectivity index (χ0n) is 25.2. The smallest absolute Gasteiger partial charge is 0.408 e. The van der Waals surface area contributed by atoms with Gasteiger partial charge in [-0.2, -0.15) is 0 Å². The van der Waals surface area contributed by atoms with Gasteiger partial charge in [0.25, 0.3) is 5.91 Å². The van der Waals surface area contributed by atoms with Crippen LogP contribution in [0.1, 0.15) is 82.7 Å². The first-order chi connectivity index (χ1) is 18.5. The first-order valence-corrected chi connectivity index (χ1v) is 13.5. The molecule has 0 spiro atoms. The highest BCUT2D eigenvalue weighted by Gasteiger charge is 2.44. The van der Waals surface area contributed by atoms with Crippen molar-refractivity contribution in [1.29, 1.82) is 0 Å². The second-order valence-electron chi connectivity index (χ2n) is 11.8. The summed E-state index contributed by atoms with van der Waals surface area (Å²) in [6.45, 7) is 16.3. The number of nitrogens with one attached hydrogen (secondary N) is 2. The number of primary amides is 1. The summed E-state index contributed by atoms with van der Waals surface area (Å²) in [6.07, 6.45) is -0.852. The van der Waals surface area contributed by atoms with Gasteiger partial charge in [-0.3, -0.25) is 14.4 Å². The Hall–Kier alpha value is -3.88. The Morgan fingerprint density at radius 2 is 1.45 bits per heavy atom. The quantitative estimate of drug-likeness (QED) is 0.378. The Labute approximate surface area is 237 Å². The van der Waals surface area contributed by atoms with Gasteiger partial charge in [-0.05, 0) is 84.1 Å². The number of aryl methyl sites for hydroxylation is 3. The van der Waals surface area contributed by atoms with Crippen molar-refractivity contribution in [3.8, 4) is 0 Å². The van der Waals surface area contributed by atoms with E-state index < -0.39 is 53.5 Å². The minimum absolute atomic E-state index is 0.420. The minimum atomic E-state index is -1.35. The van der Waals surface area contributed by atoms with E-state index in [0.717, 1.165) is 16.7 Å². The van der Waals surface area contributed by atoms with E-state index in [1.807, 2.05) is 77.9 Å². The molecule has 0 radical (unpaired) electrons. The predicted molar refractivity (Wildman–Crippen MR) is 157 cm³/mol. The molecule has 0 bridgehead atoms. The fourth-order valence-electron chi connectivity index (χ4n) is 4.46. The monoisotopic (exact) mass is 552 g/mol. The van der Waals surface area contributed by atoms with Gasteiger partial charge in [0.05, 0.1) is 6.42 Å². The summed E-state index contributed by atoms with van der Waals surface area (Å²) >= 11 is 0. The molecule has 9 nitrogen and oxygen atoms in total. The predicted octanol–water partition coefficient (Wildman–Crippen LogP) is 5.08. The van der Waals surface area contributed by atoms with Crippen LogP contribution in [0, 0.1) is 20.8 Å². The van der Waals surface area contributed by atoms with E-state index in [-0.39, 0.29) is 0 Å². The minimum Gasteiger partial charge on any atom is -0.444 e. The fraction of sp³-hybridized carbons (Fsp3) is 0.484. The Morgan fingerprint density at radius 1 is 0.900 bits per heavy atom. The van der Waals surface area contributed by atoms with Crippen molar-refractivity contribution in [2.75, 3.05) is 5.32 Å². The molecule has 2 aromatic rings. The van der Waals surface area contributed by atoms with Gasteiger partial charge >= 0.3 is 6.09 Å². The summed E-state index contributed by atoms with van der Waals surface area (Å²) in [5.41, 5.74) is 7.65. The molecule has 0 aliphatic rings. The molecule has 4 amide bonds. The van der Waals surface area contributed by atoms with Crippen LogP contribution in [0.2, 0.25) is 0 Å². The number of anilines is 1. The van der Waals surface area contributed by atoms with Crippen molar-refractivity contribution in [1.82, 2.24) is 10.2 Å². The number of nitrogens with zero attached hydrogens (tertiary/aromatic N) is 1. The summed E-state index contributed by atoms with van der Waals surface area (Å²) < 4.78 is 5.36. The summed E-state index contributed by atoms with van der Waals surface area (Å²) in [5, 5.41) is 5.58. The lowest BCUT2D eigenvalue weighted by atomic mass is 9.90. The summed E-state index contributed by atoms with van der Waals surface area (Å²) in [4.78, 5) is 54.8. The van der Waals surface area contributed by atoms with Gasteiger partial charge in [0.15, 0.2) is 0 Å². The van der Waals surface area contributed by atoms with E-state index in [1.54, 1.807) is 26.8 Å². The Bertz CT molecular complexity index is 1230. The van der Waals surface area contributed by atoms with Crippen LogP contribution in [-0.4, -0.2) is 45.9 Å². The third kappa shape index (κ3) is 8.31. The zero-order valence-corrected chi connectivity index (χ0v) is 25.2. The molecule has 0 heterocycles. The highest BCUT2D eigenvalue weighted by molar-refractivity contribution is 6.01. The van der Waals surface area contributed by atoms with Crippen molar-refractivity contribution < 1.29 is 23.9 Å². The standard InChI is InChI=1S/C31H44N4O5/c1-10-31(8,9)35(28(38)23(18-24(32)36)33-29(39)40-30(5,6)7)26(22-17-12-11-14-19(22)2)27(37)34-25-20(3)15-13-16-21(25)4/h11-17,23,26H,10,18H2,1-9H3,(H2,32,36)(H,33,39)(H,34,37). The molecule has 0 saturated carbocycles. The maximum Gasteiger partial charge on any atom is 0.408 e. The number of rotatable bonds is 10. The zero-order chi connectivity index (χ0) is 30.4. The largest absolute Gasteiger partial charge is 0.444 e. The lowest BCUT2D eigenvalue weighted by Crippen LogP contribution is -2.59. The number of carbonyl (C=O) groups excluding carboxylic acids is 4. The van der Waals surface area contributed by atoms with Crippen LogP contribution in [-0.2, 0) is 19.1 Å². The first-order valence-electron chi connectivity index (χ1n) is 13.5. The van der Waals surface area contributed by atoms with E-state index in [4.69, 9.17) is 10.5 Å². The van der Waals surface area contributed by atoms with Crippen LogP contribution in [0.3, 0.4) is 0 Å². The van der Waals surface area contributed by atoms with E-state index in [0.29, 0.717) is 17.7 Å². The van der Waals surface area contributed by atoms with E-state index in [9.17, 15) is 19.2 Å². The SMILES string of the molecule is CCC(C)(C)N(C(=O)C(CC(N)=O)NC(=O)OC(C)(C)C)C(C(=O)Nc1c(C)cccc1C)c1ccccc1C. The number of benzene rings is 2. The van der Waals surface area contributed by atoms with Crippen molar-refractivity contribution in [2.24, 2.45) is 5.73 Å². The van der Waals surface area contributed by atoms with Crippen LogP contribution in [0.5, 0.6) is 0 Å². The van der Waals surface area contributed by atoms with Crippen LogP contribution in [0.15, 0.2) is 42.5 Å². The molecule has 2 aromatic carbocycles. The molecule has 0 saturated heterocycles. The number of carbonyl (C=O) groups is 4. The van der Waals surface area contributed by atoms with Crippen molar-refractivity contribution in [3.05, 3.63) is 64.7 Å². The average Bonchev–Trinajstić information content (AvgIpc) is 2.83. The number of para-hydroxylation sites is 1. The fourth-order valence-corrected chi connectivity index (χ4v) is 4.46. The topological polar surface area (TPSA) is 131 Å². The maximum atomic E-state index is 14.4. The molecule has 9 heteroatoms. The second-order valence-corrected chi connectivity index (χ2v) is 11.8. The second kappa shape index (κ2) is 13.0. The molecule has 2 rings (SSSR count). The molecule has 0 fully saturated rings. The Balaban J connectivity index is 2.70. The van der Waals surface area contributed by atoms with Gasteiger partial charge < -0.3 is 26.0 Å². The van der Waals surface area contributed by atoms with Crippen LogP contribution >= 0.6 is 0 Å². The van der Waals surface area contributed by atoms with Crippen LogP contribution in [0.4, 0.5) is 10.5 Å². The molecule has 218 valence electrons. The molecule has 0 aromatic heterocycles. The van der Waals surface area contributed by atoms with Gasteiger partial charge in [0, 0.05) is 11.2 Å². The summed E-state index contributed by atoms with van der Waals surface area (Å²) in [5.74, 6) is -1.82. The molecule has 2 unspecified atom stereocenters. The number of hydrogen-bond acceptors (Lipinski definition) is 5. The van der Waals surface area contributed by atoms with Crippen molar-refractivity contribution in [2.45, 2.75) is 98.4 Å². The van der Waals surface area contributed by atoms with Gasteiger partial charge in [0.2, 0.25) is 11.8 Å². The molecule has 0 aliphatic heterocycles. The van der Waals surface area contributed by atoms with E-state index in [1.165, 1.54) is 4.90 Å². The Kier molecular flexibility index (Phi) is 10.5. The highest BCUT2D eigenvalue weighted by Crippen LogP contribution is 2.35. The molecular weight excluding hydrogens is 508 g/mol. The van der Waals surface area contributed by atoms with Crippen molar-refractivity contribution >= 4 is 29.5 Å². The number of amides is 4. The summed E-state index contributed by atoms with van der Waals surface area (Å²) in [6, 6.07) is 10.6. The number of hydrogen-bond donors (Lipinski definition) is 3. The lowest BCUT2D eigenvalue weighted by Gasteiger charge is -2.45. The third-order valence-corrected chi connectivity index (χ3v) is 6.87. The maximum absolute atomic E-state index is 14.4. The van der Waals surface area contributed by atoms with Gasteiger partial charge in [-0.1, -0.05) is 49.4 Å². The van der Waals surface area contributed by atoms with Crippen molar-refractivity contribution in [3.63, 3.8) is 0 Å². The molecule has 2 atom stereocenters. The van der Waals surface area contributed by atoms with E-state index >= 15 is 0 Å². The molecule has 4 N–H and O–H groups in total. The van der Waals surface area contributed by atoms with Crippen LogP contribution < -0.4 is 16.4 Å². The van der Waals surface area contributed by atoms with Gasteiger partial charge in [0.1, 0.15) is 17.7 Å². The lowest BCUT2D eigenvalue weighted by molar-refractivity contribution is -0.148. The van der Waals surface area contributed by atoms with Gasteiger partial charge in [-0.25, -0.2) is 4.79 Å². The first kappa shape index (κ1) is 32.3. The molecular formula is C31H44N4O5. The number of nitrogens with two attached hydrogens (primary N) is 1. The van der Waals surface area contributed by atoms with Crippen LogP contribution in [0.25, 0.3) is 0 Å². The highest BCUT2D eigenvalue weighted by atomic mass is 16.6. The van der Waals surface area contributed by atoms with Gasteiger partial charge in [-0.15, -0.1) is 0 Å². The number of alkyl carbamates (subject to hydrolysis) is 1. The molecule has 40 heavy (non-hydrogen) atoms. The third-order valence-electron chi connectivity index (χ3n) is 6.87. The normalized spacial score (nSPS) is 13.1. The average molecular weight is 553 g/mol. The Morgan fingerprint density at radius 3 is 1.95 bits per heavy atom. The van der Waals surface area contributed by atoms with E-state index in [2.05, 4.69) is 10.6 Å². The molecule has 0 aliphatic carbocycles.